The third-order valence-electron chi connectivity index (χ3n) is 2.83. The van der Waals surface area contributed by atoms with Crippen LogP contribution in [0.4, 0.5) is 13.6 Å². The van der Waals surface area contributed by atoms with Crippen molar-refractivity contribution in [3.63, 3.8) is 0 Å². The van der Waals surface area contributed by atoms with Gasteiger partial charge >= 0.3 is 12.6 Å². The molecule has 0 aliphatic heterocycles. The molecule has 1 atom stereocenters. The number of alkyl halides is 2. The van der Waals surface area contributed by atoms with Gasteiger partial charge in [0.05, 0.1) is 0 Å². The number of nitrogens with one attached hydrogen (secondary N) is 2. The molecule has 5 nitrogen and oxygen atoms in total. The fourth-order valence-corrected chi connectivity index (χ4v) is 2.54. The van der Waals surface area contributed by atoms with Gasteiger partial charge in [-0.3, -0.25) is 4.21 Å². The van der Waals surface area contributed by atoms with Gasteiger partial charge < -0.3 is 15.4 Å². The number of ether oxygens (including phenoxy) is 1. The number of carbonyl (C=O) groups is 1. The van der Waals surface area contributed by atoms with Gasteiger partial charge in [0, 0.05) is 34.4 Å². The molecule has 0 saturated heterocycles. The summed E-state index contributed by atoms with van der Waals surface area (Å²) in [5, 5.41) is 5.21. The summed E-state index contributed by atoms with van der Waals surface area (Å²) in [4.78, 5) is 11.6. The van der Waals surface area contributed by atoms with Crippen LogP contribution in [-0.2, 0) is 17.3 Å². The van der Waals surface area contributed by atoms with Gasteiger partial charge in [0.25, 0.3) is 0 Å². The molecular weight excluding hydrogens is 326 g/mol. The Bertz CT molecular complexity index is 548. The maximum Gasteiger partial charge on any atom is 0.387 e. The van der Waals surface area contributed by atoms with Crippen LogP contribution in [0.15, 0.2) is 24.3 Å². The van der Waals surface area contributed by atoms with Crippen LogP contribution in [0.3, 0.4) is 0 Å². The third-order valence-corrected chi connectivity index (χ3v) is 4.77. The molecule has 0 saturated carbocycles. The molecule has 1 aromatic carbocycles. The van der Waals surface area contributed by atoms with Crippen molar-refractivity contribution in [1.29, 1.82) is 0 Å². The molecule has 2 amide bonds. The fourth-order valence-electron chi connectivity index (χ4n) is 1.64. The first-order chi connectivity index (χ1) is 10.7. The Morgan fingerprint density at radius 1 is 1.30 bits per heavy atom. The molecule has 0 spiro atoms. The molecule has 130 valence electrons. The Morgan fingerprint density at radius 3 is 2.61 bits per heavy atom. The Labute approximate surface area is 137 Å². The van der Waals surface area contributed by atoms with E-state index in [1.807, 2.05) is 20.8 Å². The molecule has 23 heavy (non-hydrogen) atoms. The summed E-state index contributed by atoms with van der Waals surface area (Å²) >= 11 is 0. The predicted molar refractivity (Wildman–Crippen MR) is 86.1 cm³/mol. The van der Waals surface area contributed by atoms with E-state index in [0.717, 1.165) is 0 Å². The van der Waals surface area contributed by atoms with Crippen LogP contribution in [-0.4, -0.2) is 33.9 Å². The first kappa shape index (κ1) is 19.3. The van der Waals surface area contributed by atoms with Crippen LogP contribution < -0.4 is 15.4 Å². The summed E-state index contributed by atoms with van der Waals surface area (Å²) in [5.74, 6) is 0.412. The zero-order valence-corrected chi connectivity index (χ0v) is 14.2. The van der Waals surface area contributed by atoms with Crippen molar-refractivity contribution in [3.8, 4) is 5.75 Å². The van der Waals surface area contributed by atoms with Crippen LogP contribution >= 0.6 is 0 Å². The standard InChI is InChI=1S/C15H22F2N2O3S/c1-15(2,3)23(21)8-7-18-14(20)19-10-11-5-4-6-12(9-11)22-13(16)17/h4-6,9,13H,7-8,10H2,1-3H3,(H2,18,19,20)/t23-/m1/s1. The molecule has 1 rings (SSSR count). The van der Waals surface area contributed by atoms with Gasteiger partial charge in [-0.1, -0.05) is 12.1 Å². The molecule has 0 bridgehead atoms. The van der Waals surface area contributed by atoms with Gasteiger partial charge in [-0.25, -0.2) is 4.79 Å². The smallest absolute Gasteiger partial charge is 0.387 e. The van der Waals surface area contributed by atoms with Crippen molar-refractivity contribution in [2.45, 2.75) is 38.7 Å². The Balaban J connectivity index is 2.35. The molecule has 0 unspecified atom stereocenters. The van der Waals surface area contributed by atoms with E-state index >= 15 is 0 Å². The second-order valence-electron chi connectivity index (χ2n) is 5.80. The number of rotatable bonds is 7. The SMILES string of the molecule is CC(C)(C)[S@](=O)CCNC(=O)NCc1cccc(OC(F)F)c1. The molecule has 0 fully saturated rings. The number of urea groups is 1. The van der Waals surface area contributed by atoms with Gasteiger partial charge in [0.2, 0.25) is 0 Å². The highest BCUT2D eigenvalue weighted by molar-refractivity contribution is 7.86. The number of carbonyl (C=O) groups excluding carboxylic acids is 1. The van der Waals surface area contributed by atoms with E-state index in [2.05, 4.69) is 15.4 Å². The molecular formula is C15H22F2N2O3S. The lowest BCUT2D eigenvalue weighted by Gasteiger charge is -2.17. The lowest BCUT2D eigenvalue weighted by molar-refractivity contribution is -0.0498. The summed E-state index contributed by atoms with van der Waals surface area (Å²) in [7, 11) is -1.03. The Morgan fingerprint density at radius 2 is 2.00 bits per heavy atom. The molecule has 0 aromatic heterocycles. The topological polar surface area (TPSA) is 67.4 Å². The number of hydrogen-bond donors (Lipinski definition) is 2. The molecule has 0 aliphatic carbocycles. The minimum atomic E-state index is -2.88. The van der Waals surface area contributed by atoms with Crippen LogP contribution in [0, 0.1) is 0 Å². The predicted octanol–water partition coefficient (Wildman–Crippen LogP) is 2.63. The second kappa shape index (κ2) is 8.81. The van der Waals surface area contributed by atoms with E-state index in [9.17, 15) is 17.8 Å². The monoisotopic (exact) mass is 348 g/mol. The van der Waals surface area contributed by atoms with Crippen molar-refractivity contribution in [3.05, 3.63) is 29.8 Å². The quantitative estimate of drug-likeness (QED) is 0.796. The summed E-state index contributed by atoms with van der Waals surface area (Å²) in [6, 6.07) is 5.70. The van der Waals surface area contributed by atoms with Crippen molar-refractivity contribution < 1.29 is 22.5 Å². The van der Waals surface area contributed by atoms with Crippen molar-refractivity contribution in [2.75, 3.05) is 12.3 Å². The van der Waals surface area contributed by atoms with E-state index in [0.29, 0.717) is 17.9 Å². The lowest BCUT2D eigenvalue weighted by Crippen LogP contribution is -2.38. The van der Waals surface area contributed by atoms with Crippen LogP contribution in [0.2, 0.25) is 0 Å². The van der Waals surface area contributed by atoms with Crippen molar-refractivity contribution in [2.24, 2.45) is 0 Å². The third kappa shape index (κ3) is 7.92. The highest BCUT2D eigenvalue weighted by atomic mass is 32.2. The molecule has 2 N–H and O–H groups in total. The summed E-state index contributed by atoms with van der Waals surface area (Å²) in [5.41, 5.74) is 0.636. The van der Waals surface area contributed by atoms with Gasteiger partial charge in [0.15, 0.2) is 0 Å². The van der Waals surface area contributed by atoms with Crippen LogP contribution in [0.1, 0.15) is 26.3 Å². The zero-order chi connectivity index (χ0) is 17.5. The van der Waals surface area contributed by atoms with Crippen molar-refractivity contribution in [1.82, 2.24) is 10.6 Å². The molecule has 0 aliphatic rings. The Hall–Kier alpha value is -1.70. The fraction of sp³-hybridized carbons (Fsp3) is 0.533. The van der Waals surface area contributed by atoms with Gasteiger partial charge in [0.1, 0.15) is 5.75 Å². The number of benzene rings is 1. The highest BCUT2D eigenvalue weighted by Gasteiger charge is 2.18. The first-order valence-corrected chi connectivity index (χ1v) is 8.44. The van der Waals surface area contributed by atoms with Gasteiger partial charge in [-0.2, -0.15) is 8.78 Å². The Kier molecular flexibility index (Phi) is 7.41. The van der Waals surface area contributed by atoms with Gasteiger partial charge in [-0.05, 0) is 38.5 Å². The average Bonchev–Trinajstić information content (AvgIpc) is 2.43. The van der Waals surface area contributed by atoms with Crippen LogP contribution in [0.5, 0.6) is 5.75 Å². The number of hydrogen-bond acceptors (Lipinski definition) is 3. The zero-order valence-electron chi connectivity index (χ0n) is 13.4. The normalized spacial score (nSPS) is 12.8. The van der Waals surface area contributed by atoms with E-state index < -0.39 is 23.4 Å². The summed E-state index contributed by atoms with van der Waals surface area (Å²) < 4.78 is 40.0. The van der Waals surface area contributed by atoms with E-state index in [1.54, 1.807) is 12.1 Å². The molecule has 8 heteroatoms. The lowest BCUT2D eigenvalue weighted by atomic mass is 10.2. The highest BCUT2D eigenvalue weighted by Crippen LogP contribution is 2.15. The van der Waals surface area contributed by atoms with E-state index in [-0.39, 0.29) is 17.0 Å². The molecule has 0 radical (unpaired) electrons. The largest absolute Gasteiger partial charge is 0.435 e. The van der Waals surface area contributed by atoms with E-state index in [1.165, 1.54) is 12.1 Å². The molecule has 1 aromatic rings. The van der Waals surface area contributed by atoms with Crippen LogP contribution in [0.25, 0.3) is 0 Å². The second-order valence-corrected chi connectivity index (χ2v) is 8.12. The van der Waals surface area contributed by atoms with Gasteiger partial charge in [-0.15, -0.1) is 0 Å². The number of amides is 2. The van der Waals surface area contributed by atoms with E-state index in [4.69, 9.17) is 0 Å². The maximum absolute atomic E-state index is 12.1. The number of halogens is 2. The average molecular weight is 348 g/mol. The minimum absolute atomic E-state index is 0.0419. The summed E-state index contributed by atoms with van der Waals surface area (Å²) in [6.07, 6.45) is 0. The maximum atomic E-state index is 12.1. The first-order valence-electron chi connectivity index (χ1n) is 7.12. The summed E-state index contributed by atoms with van der Waals surface area (Å²) in [6.45, 7) is 3.21. The minimum Gasteiger partial charge on any atom is -0.435 e. The van der Waals surface area contributed by atoms with Crippen molar-refractivity contribution >= 4 is 16.8 Å². The molecule has 0 heterocycles.